The lowest BCUT2D eigenvalue weighted by molar-refractivity contribution is -0.0782. The van der Waals surface area contributed by atoms with Crippen LogP contribution in [0.25, 0.3) is 0 Å². The van der Waals surface area contributed by atoms with Gasteiger partial charge in [-0.3, -0.25) is 9.59 Å². The maximum Gasteiger partial charge on any atom is 0.285 e. The Hall–Kier alpha value is -2.97. The van der Waals surface area contributed by atoms with Gasteiger partial charge >= 0.3 is 0 Å². The number of aryl methyl sites for hydroxylation is 2. The molecule has 0 radical (unpaired) electrons. The summed E-state index contributed by atoms with van der Waals surface area (Å²) in [4.78, 5) is 33.7. The van der Waals surface area contributed by atoms with Crippen molar-refractivity contribution in [3.8, 4) is 11.8 Å². The number of hydrogen-bond donors (Lipinski definition) is 0. The van der Waals surface area contributed by atoms with E-state index in [0.29, 0.717) is 16.8 Å². The highest BCUT2D eigenvalue weighted by Crippen LogP contribution is 2.22. The predicted molar refractivity (Wildman–Crippen MR) is 83.5 cm³/mol. The lowest BCUT2D eigenvalue weighted by Gasteiger charge is -2.10. The molecule has 0 bridgehead atoms. The molecular formula is C18H14N2O3. The predicted octanol–water partition coefficient (Wildman–Crippen LogP) is 2.28. The van der Waals surface area contributed by atoms with Crippen LogP contribution >= 0.6 is 0 Å². The number of benzene rings is 1. The fraction of sp³-hybridized carbons (Fsp3) is 0.167. The van der Waals surface area contributed by atoms with Crippen molar-refractivity contribution in [1.82, 2.24) is 10.0 Å². The van der Waals surface area contributed by atoms with Crippen molar-refractivity contribution >= 4 is 11.8 Å². The summed E-state index contributed by atoms with van der Waals surface area (Å²) < 4.78 is 0. The molecule has 1 aliphatic rings. The van der Waals surface area contributed by atoms with Crippen LogP contribution in [0, 0.1) is 25.7 Å². The average molecular weight is 306 g/mol. The number of nitrogens with zero attached hydrogens (tertiary/aromatic N) is 2. The molecule has 1 aliphatic heterocycles. The van der Waals surface area contributed by atoms with Crippen LogP contribution in [0.4, 0.5) is 0 Å². The van der Waals surface area contributed by atoms with Crippen molar-refractivity contribution in [3.63, 3.8) is 0 Å². The first-order valence-corrected chi connectivity index (χ1v) is 7.11. The second-order valence-electron chi connectivity index (χ2n) is 5.20. The number of carbonyl (C=O) groups is 2. The molecule has 5 heteroatoms. The first-order chi connectivity index (χ1) is 11.1. The van der Waals surface area contributed by atoms with E-state index in [0.717, 1.165) is 16.3 Å². The van der Waals surface area contributed by atoms with E-state index in [1.165, 1.54) is 0 Å². The van der Waals surface area contributed by atoms with Crippen LogP contribution in [-0.4, -0.2) is 28.5 Å². The Morgan fingerprint density at radius 1 is 1.09 bits per heavy atom. The van der Waals surface area contributed by atoms with Crippen molar-refractivity contribution < 1.29 is 14.4 Å². The van der Waals surface area contributed by atoms with Gasteiger partial charge in [0.05, 0.1) is 11.1 Å². The van der Waals surface area contributed by atoms with Gasteiger partial charge in [-0.25, -0.2) is 9.82 Å². The van der Waals surface area contributed by atoms with Crippen LogP contribution in [0.3, 0.4) is 0 Å². The van der Waals surface area contributed by atoms with Gasteiger partial charge in [-0.15, -0.1) is 5.06 Å². The summed E-state index contributed by atoms with van der Waals surface area (Å²) in [6, 6.07) is 10.4. The number of imide groups is 1. The summed E-state index contributed by atoms with van der Waals surface area (Å²) in [5, 5.41) is 0.758. The Bertz CT molecular complexity index is 807. The molecule has 2 aromatic rings. The van der Waals surface area contributed by atoms with Crippen molar-refractivity contribution in [3.05, 3.63) is 64.5 Å². The second kappa shape index (κ2) is 6.03. The molecule has 1 aromatic carbocycles. The number of aromatic nitrogens is 1. The Balaban J connectivity index is 1.68. The highest BCUT2D eigenvalue weighted by Gasteiger charge is 2.36. The first-order valence-electron chi connectivity index (χ1n) is 7.11. The number of fused-ring (bicyclic) bond motifs is 1. The third-order valence-electron chi connectivity index (χ3n) is 3.34. The maximum atomic E-state index is 12.1. The molecule has 1 aromatic heterocycles. The molecule has 0 aliphatic carbocycles. The SMILES string of the molecule is Cc1cc(C)nc(C#CCON2C(=O)c3ccccc3C2=O)c1. The van der Waals surface area contributed by atoms with E-state index in [1.807, 2.05) is 26.0 Å². The minimum absolute atomic E-state index is 0.0693. The summed E-state index contributed by atoms with van der Waals surface area (Å²) in [6.07, 6.45) is 0. The van der Waals surface area contributed by atoms with Gasteiger partial charge in [0.15, 0.2) is 0 Å². The molecular weight excluding hydrogens is 292 g/mol. The Labute approximate surface area is 133 Å². The lowest BCUT2D eigenvalue weighted by Crippen LogP contribution is -2.30. The molecule has 0 N–H and O–H groups in total. The molecule has 2 heterocycles. The van der Waals surface area contributed by atoms with Gasteiger partial charge < -0.3 is 0 Å². The standard InChI is InChI=1S/C18H14N2O3/c1-12-10-13(2)19-14(11-12)6-5-9-23-20-17(21)15-7-3-4-8-16(15)18(20)22/h3-4,7-8,10-11H,9H2,1-2H3. The number of carbonyl (C=O) groups excluding carboxylic acids is 2. The largest absolute Gasteiger partial charge is 0.285 e. The lowest BCUT2D eigenvalue weighted by atomic mass is 10.1. The van der Waals surface area contributed by atoms with Crippen molar-refractivity contribution in [2.75, 3.05) is 6.61 Å². The summed E-state index contributed by atoms with van der Waals surface area (Å²) in [7, 11) is 0. The minimum Gasteiger partial charge on any atom is -0.266 e. The van der Waals surface area contributed by atoms with E-state index < -0.39 is 11.8 Å². The van der Waals surface area contributed by atoms with Crippen LogP contribution in [0.1, 0.15) is 37.7 Å². The molecule has 3 rings (SSSR count). The van der Waals surface area contributed by atoms with E-state index in [9.17, 15) is 9.59 Å². The van der Waals surface area contributed by atoms with Crippen LogP contribution in [0.5, 0.6) is 0 Å². The summed E-state index contributed by atoms with van der Waals surface area (Å²) in [6.45, 7) is 3.79. The zero-order valence-corrected chi connectivity index (χ0v) is 12.8. The molecule has 5 nitrogen and oxygen atoms in total. The van der Waals surface area contributed by atoms with Crippen molar-refractivity contribution in [2.24, 2.45) is 0 Å². The fourth-order valence-electron chi connectivity index (χ4n) is 2.41. The van der Waals surface area contributed by atoms with E-state index in [-0.39, 0.29) is 6.61 Å². The molecule has 114 valence electrons. The summed E-state index contributed by atoms with van der Waals surface area (Å²) in [5.74, 6) is 4.71. The minimum atomic E-state index is -0.461. The third kappa shape index (κ3) is 2.98. The molecule has 0 atom stereocenters. The number of pyridine rings is 1. The zero-order chi connectivity index (χ0) is 16.4. The average Bonchev–Trinajstić information content (AvgIpc) is 2.75. The van der Waals surface area contributed by atoms with Crippen molar-refractivity contribution in [2.45, 2.75) is 13.8 Å². The third-order valence-corrected chi connectivity index (χ3v) is 3.34. The summed E-state index contributed by atoms with van der Waals surface area (Å²) in [5.41, 5.74) is 3.29. The number of amides is 2. The van der Waals surface area contributed by atoms with Crippen LogP contribution in [-0.2, 0) is 4.84 Å². The zero-order valence-electron chi connectivity index (χ0n) is 12.8. The van der Waals surface area contributed by atoms with E-state index in [1.54, 1.807) is 24.3 Å². The Morgan fingerprint density at radius 2 is 1.74 bits per heavy atom. The van der Waals surface area contributed by atoms with Gasteiger partial charge in [0.1, 0.15) is 12.3 Å². The quantitative estimate of drug-likeness (QED) is 0.631. The highest BCUT2D eigenvalue weighted by atomic mass is 16.7. The van der Waals surface area contributed by atoms with Gasteiger partial charge in [-0.05, 0) is 49.6 Å². The molecule has 0 saturated heterocycles. The van der Waals surface area contributed by atoms with E-state index >= 15 is 0 Å². The smallest absolute Gasteiger partial charge is 0.266 e. The monoisotopic (exact) mass is 306 g/mol. The van der Waals surface area contributed by atoms with Gasteiger partial charge in [-0.1, -0.05) is 18.1 Å². The van der Waals surface area contributed by atoms with Crippen molar-refractivity contribution in [1.29, 1.82) is 0 Å². The Morgan fingerprint density at radius 3 is 2.35 bits per heavy atom. The van der Waals surface area contributed by atoms with Gasteiger partial charge in [-0.2, -0.15) is 0 Å². The molecule has 2 amide bonds. The van der Waals surface area contributed by atoms with Gasteiger partial charge in [0.25, 0.3) is 11.8 Å². The maximum absolute atomic E-state index is 12.1. The highest BCUT2D eigenvalue weighted by molar-refractivity contribution is 6.20. The number of rotatable bonds is 2. The normalized spacial score (nSPS) is 12.9. The first kappa shape index (κ1) is 14.9. The van der Waals surface area contributed by atoms with E-state index in [2.05, 4.69) is 16.8 Å². The number of hydroxylamine groups is 2. The van der Waals surface area contributed by atoms with Crippen LogP contribution in [0.2, 0.25) is 0 Å². The summed E-state index contributed by atoms with van der Waals surface area (Å²) >= 11 is 0. The van der Waals surface area contributed by atoms with Gasteiger partial charge in [0, 0.05) is 5.69 Å². The fourth-order valence-corrected chi connectivity index (χ4v) is 2.41. The van der Waals surface area contributed by atoms with Crippen LogP contribution in [0.15, 0.2) is 36.4 Å². The Kier molecular flexibility index (Phi) is 3.92. The second-order valence-corrected chi connectivity index (χ2v) is 5.20. The topological polar surface area (TPSA) is 59.5 Å². The molecule has 0 unspecified atom stereocenters. The molecule has 0 spiro atoms. The van der Waals surface area contributed by atoms with Gasteiger partial charge in [0.2, 0.25) is 0 Å². The van der Waals surface area contributed by atoms with Crippen LogP contribution < -0.4 is 0 Å². The molecule has 23 heavy (non-hydrogen) atoms. The van der Waals surface area contributed by atoms with E-state index in [4.69, 9.17) is 4.84 Å². The molecule has 0 saturated carbocycles. The number of hydrogen-bond acceptors (Lipinski definition) is 4. The molecule has 0 fully saturated rings.